The minimum Gasteiger partial charge on any atom is -0.355 e. The molecule has 2 fully saturated rings. The molecule has 1 aliphatic heterocycles. The molecule has 0 spiro atoms. The molecule has 0 bridgehead atoms. The fourth-order valence-electron chi connectivity index (χ4n) is 4.18. The second kappa shape index (κ2) is 6.21. The van der Waals surface area contributed by atoms with Crippen molar-refractivity contribution in [3.63, 3.8) is 0 Å². The summed E-state index contributed by atoms with van der Waals surface area (Å²) >= 11 is 1.73. The molecular weight excluding hydrogens is 306 g/mol. The van der Waals surface area contributed by atoms with Gasteiger partial charge in [0, 0.05) is 19.5 Å². The third-order valence-corrected chi connectivity index (χ3v) is 6.55. The molecule has 1 aromatic heterocycles. The van der Waals surface area contributed by atoms with Gasteiger partial charge in [0.15, 0.2) is 0 Å². The standard InChI is InChI=1S/C18H23N3OS/c22-17(18-9-4-3-5-13(18)11-19-12-18)20-10-8-16-21-14-6-1-2-7-15(14)23-16/h1-2,6-7,13,19H,3-5,8-12H2,(H,20,22)/t13-,18+/m0/s1. The van der Waals surface area contributed by atoms with Gasteiger partial charge in [0.05, 0.1) is 20.6 Å². The number of nitrogens with zero attached hydrogens (tertiary/aromatic N) is 1. The number of amides is 1. The molecule has 4 nitrogen and oxygen atoms in total. The van der Waals surface area contributed by atoms with E-state index in [1.165, 1.54) is 24.0 Å². The third kappa shape index (κ3) is 2.76. The maximum Gasteiger partial charge on any atom is 0.227 e. The van der Waals surface area contributed by atoms with E-state index < -0.39 is 0 Å². The van der Waals surface area contributed by atoms with E-state index >= 15 is 0 Å². The predicted molar refractivity (Wildman–Crippen MR) is 93.6 cm³/mol. The lowest BCUT2D eigenvalue weighted by atomic mass is 9.67. The zero-order valence-corrected chi connectivity index (χ0v) is 14.1. The number of hydrogen-bond donors (Lipinski definition) is 2. The Morgan fingerprint density at radius 1 is 1.39 bits per heavy atom. The molecule has 0 unspecified atom stereocenters. The van der Waals surface area contributed by atoms with Crippen LogP contribution in [0.4, 0.5) is 0 Å². The second-order valence-corrected chi connectivity index (χ2v) is 7.93. The van der Waals surface area contributed by atoms with Gasteiger partial charge in [0.25, 0.3) is 0 Å². The van der Waals surface area contributed by atoms with Crippen LogP contribution in [-0.2, 0) is 11.2 Å². The summed E-state index contributed by atoms with van der Waals surface area (Å²) < 4.78 is 1.22. The average Bonchev–Trinajstić information content (AvgIpc) is 3.18. The van der Waals surface area contributed by atoms with Crippen LogP contribution in [0.1, 0.15) is 30.7 Å². The molecule has 2 aliphatic rings. The van der Waals surface area contributed by atoms with Crippen molar-refractivity contribution in [3.8, 4) is 0 Å². The topological polar surface area (TPSA) is 54.0 Å². The van der Waals surface area contributed by atoms with Gasteiger partial charge in [-0.25, -0.2) is 4.98 Å². The minimum atomic E-state index is -0.147. The van der Waals surface area contributed by atoms with Crippen molar-refractivity contribution in [1.82, 2.24) is 15.6 Å². The number of hydrogen-bond acceptors (Lipinski definition) is 4. The Balaban J connectivity index is 1.38. The molecule has 1 saturated heterocycles. The summed E-state index contributed by atoms with van der Waals surface area (Å²) in [5.41, 5.74) is 0.913. The fourth-order valence-corrected chi connectivity index (χ4v) is 5.14. The summed E-state index contributed by atoms with van der Waals surface area (Å²) in [5.74, 6) is 0.784. The molecule has 2 N–H and O–H groups in total. The first-order chi connectivity index (χ1) is 11.3. The molecule has 4 rings (SSSR count). The van der Waals surface area contributed by atoms with Crippen molar-refractivity contribution >= 4 is 27.5 Å². The lowest BCUT2D eigenvalue weighted by Crippen LogP contribution is -2.48. The number of thiazole rings is 1. The van der Waals surface area contributed by atoms with Crippen LogP contribution in [0.3, 0.4) is 0 Å². The largest absolute Gasteiger partial charge is 0.355 e. The van der Waals surface area contributed by atoms with Crippen LogP contribution in [-0.4, -0.2) is 30.5 Å². The highest BCUT2D eigenvalue weighted by Crippen LogP contribution is 2.43. The van der Waals surface area contributed by atoms with Gasteiger partial charge in [-0.2, -0.15) is 0 Å². The van der Waals surface area contributed by atoms with Gasteiger partial charge >= 0.3 is 0 Å². The number of para-hydroxylation sites is 1. The van der Waals surface area contributed by atoms with Crippen LogP contribution in [0, 0.1) is 11.3 Å². The van der Waals surface area contributed by atoms with Gasteiger partial charge in [-0.1, -0.05) is 25.0 Å². The van der Waals surface area contributed by atoms with Crippen molar-refractivity contribution in [2.45, 2.75) is 32.1 Å². The highest BCUT2D eigenvalue weighted by Gasteiger charge is 2.49. The van der Waals surface area contributed by atoms with Crippen molar-refractivity contribution < 1.29 is 4.79 Å². The van der Waals surface area contributed by atoms with Gasteiger partial charge in [-0.15, -0.1) is 11.3 Å². The van der Waals surface area contributed by atoms with Gasteiger partial charge in [-0.3, -0.25) is 4.79 Å². The van der Waals surface area contributed by atoms with Crippen LogP contribution in [0.15, 0.2) is 24.3 Å². The summed E-state index contributed by atoms with van der Waals surface area (Å²) in [6.07, 6.45) is 5.51. The third-order valence-electron chi connectivity index (χ3n) is 5.45. The molecule has 1 aromatic carbocycles. The second-order valence-electron chi connectivity index (χ2n) is 6.81. The minimum absolute atomic E-state index is 0.147. The smallest absolute Gasteiger partial charge is 0.227 e. The zero-order chi connectivity index (χ0) is 15.7. The number of carbonyl (C=O) groups excluding carboxylic acids is 1. The van der Waals surface area contributed by atoms with E-state index in [0.29, 0.717) is 12.5 Å². The van der Waals surface area contributed by atoms with E-state index in [2.05, 4.69) is 21.7 Å². The predicted octanol–water partition coefficient (Wildman–Crippen LogP) is 2.73. The number of fused-ring (bicyclic) bond motifs is 2. The van der Waals surface area contributed by atoms with Crippen molar-refractivity contribution in [2.75, 3.05) is 19.6 Å². The Labute approximate surface area is 140 Å². The summed E-state index contributed by atoms with van der Waals surface area (Å²) in [6, 6.07) is 8.21. The Bertz CT molecular complexity index is 680. The zero-order valence-electron chi connectivity index (χ0n) is 13.3. The Morgan fingerprint density at radius 3 is 3.22 bits per heavy atom. The number of rotatable bonds is 4. The monoisotopic (exact) mass is 329 g/mol. The fraction of sp³-hybridized carbons (Fsp3) is 0.556. The Morgan fingerprint density at radius 2 is 2.30 bits per heavy atom. The molecule has 1 aliphatic carbocycles. The normalized spacial score (nSPS) is 27.0. The first-order valence-electron chi connectivity index (χ1n) is 8.61. The number of carbonyl (C=O) groups is 1. The summed E-state index contributed by atoms with van der Waals surface area (Å²) in [6.45, 7) is 2.54. The summed E-state index contributed by atoms with van der Waals surface area (Å²) in [5, 5.41) is 7.74. The molecule has 2 aromatic rings. The highest BCUT2D eigenvalue weighted by atomic mass is 32.1. The molecular formula is C18H23N3OS. The van der Waals surface area contributed by atoms with Gasteiger partial charge in [-0.05, 0) is 37.4 Å². The molecule has 1 amide bonds. The van der Waals surface area contributed by atoms with E-state index in [4.69, 9.17) is 0 Å². The van der Waals surface area contributed by atoms with E-state index in [1.54, 1.807) is 11.3 Å². The SMILES string of the molecule is O=C(NCCc1nc2ccccc2s1)[C@@]12CCCC[C@H]1CNC2. The highest BCUT2D eigenvalue weighted by molar-refractivity contribution is 7.18. The number of aromatic nitrogens is 1. The maximum absolute atomic E-state index is 12.8. The summed E-state index contributed by atoms with van der Waals surface area (Å²) in [4.78, 5) is 17.4. The van der Waals surface area contributed by atoms with Crippen LogP contribution in [0.5, 0.6) is 0 Å². The van der Waals surface area contributed by atoms with Crippen LogP contribution >= 0.6 is 11.3 Å². The quantitative estimate of drug-likeness (QED) is 0.907. The molecule has 1 saturated carbocycles. The molecule has 122 valence electrons. The maximum atomic E-state index is 12.8. The number of benzene rings is 1. The molecule has 2 heterocycles. The van der Waals surface area contributed by atoms with Gasteiger partial charge in [0.1, 0.15) is 0 Å². The molecule has 5 heteroatoms. The van der Waals surface area contributed by atoms with Crippen LogP contribution in [0.2, 0.25) is 0 Å². The summed E-state index contributed by atoms with van der Waals surface area (Å²) in [7, 11) is 0. The van der Waals surface area contributed by atoms with E-state index in [0.717, 1.165) is 36.5 Å². The van der Waals surface area contributed by atoms with E-state index in [9.17, 15) is 4.79 Å². The molecule has 0 radical (unpaired) electrons. The number of nitrogens with one attached hydrogen (secondary N) is 2. The van der Waals surface area contributed by atoms with E-state index in [-0.39, 0.29) is 11.3 Å². The first-order valence-corrected chi connectivity index (χ1v) is 9.43. The Kier molecular flexibility index (Phi) is 4.07. The molecule has 2 atom stereocenters. The van der Waals surface area contributed by atoms with Gasteiger partial charge in [0.2, 0.25) is 5.91 Å². The lowest BCUT2D eigenvalue weighted by Gasteiger charge is -2.37. The van der Waals surface area contributed by atoms with Crippen molar-refractivity contribution in [1.29, 1.82) is 0 Å². The first kappa shape index (κ1) is 15.1. The van der Waals surface area contributed by atoms with Crippen LogP contribution < -0.4 is 10.6 Å². The van der Waals surface area contributed by atoms with Crippen molar-refractivity contribution in [3.05, 3.63) is 29.3 Å². The van der Waals surface area contributed by atoms with Crippen molar-refractivity contribution in [2.24, 2.45) is 11.3 Å². The van der Waals surface area contributed by atoms with Crippen LogP contribution in [0.25, 0.3) is 10.2 Å². The molecule has 23 heavy (non-hydrogen) atoms. The Hall–Kier alpha value is -1.46. The van der Waals surface area contributed by atoms with Gasteiger partial charge < -0.3 is 10.6 Å². The average molecular weight is 329 g/mol. The van der Waals surface area contributed by atoms with E-state index in [1.807, 2.05) is 18.2 Å². The lowest BCUT2D eigenvalue weighted by molar-refractivity contribution is -0.133.